The number of hydrogen-bond donors (Lipinski definition) is 1. The van der Waals surface area contributed by atoms with Gasteiger partial charge in [-0.1, -0.05) is 152 Å². The largest absolute Gasteiger partial charge is 0.355 e. The Morgan fingerprint density at radius 2 is 1.04 bits per heavy atom. The highest BCUT2D eigenvalue weighted by atomic mass is 15.1. The minimum atomic E-state index is 1.03. The van der Waals surface area contributed by atoms with Crippen LogP contribution < -0.4 is 10.2 Å². The normalized spacial score (nSPS) is 12.5. The van der Waals surface area contributed by atoms with Crippen LogP contribution in [0.4, 0.5) is 28.4 Å². The van der Waals surface area contributed by atoms with Crippen molar-refractivity contribution >= 4 is 66.3 Å². The zero-order chi connectivity index (χ0) is 37.3. The first kappa shape index (κ1) is 33.4. The van der Waals surface area contributed by atoms with E-state index >= 15 is 0 Å². The van der Waals surface area contributed by atoms with Crippen molar-refractivity contribution in [2.24, 2.45) is 0 Å². The topological polar surface area (TPSA) is 15.3 Å². The van der Waals surface area contributed by atoms with Gasteiger partial charge in [-0.05, 0) is 134 Å². The maximum atomic E-state index is 3.82. The first-order chi connectivity index (χ1) is 27.8. The third kappa shape index (κ3) is 6.32. The van der Waals surface area contributed by atoms with Gasteiger partial charge in [0, 0.05) is 34.0 Å². The number of para-hydroxylation sites is 1. The van der Waals surface area contributed by atoms with E-state index in [0.717, 1.165) is 41.3 Å². The first-order valence-electron chi connectivity index (χ1n) is 19.5. The monoisotopic (exact) mass is 716 g/mol. The van der Waals surface area contributed by atoms with Crippen molar-refractivity contribution in [3.05, 3.63) is 218 Å². The molecule has 0 saturated heterocycles. The Morgan fingerprint density at radius 3 is 1.77 bits per heavy atom. The van der Waals surface area contributed by atoms with E-state index in [1.807, 2.05) is 0 Å². The van der Waals surface area contributed by atoms with Crippen LogP contribution in [0.5, 0.6) is 0 Å². The summed E-state index contributed by atoms with van der Waals surface area (Å²) in [6.07, 6.45) is 8.82. The molecule has 0 atom stereocenters. The standard InChI is InChI=1S/C54H40N2/c1-3-13-38(14-4-1)40-23-30-45(31-24-40)56(46-32-25-41(26-33-46)39-15-5-2-6-16-39)47-34-28-44(29-35-47)55-53-22-12-11-21-50(53)52-37-43-18-8-9-19-48(43)51-36-27-42-17-7-10-20-49(42)54(51)52/h1-5,7-15,17-37,55H,6,16H2. The molecule has 0 saturated carbocycles. The Labute approximate surface area is 328 Å². The van der Waals surface area contributed by atoms with Crippen LogP contribution in [0.15, 0.2) is 212 Å². The van der Waals surface area contributed by atoms with Crippen molar-refractivity contribution in [2.45, 2.75) is 12.8 Å². The molecule has 0 amide bonds. The summed E-state index contributed by atoms with van der Waals surface area (Å²) in [6.45, 7) is 0. The van der Waals surface area contributed by atoms with Crippen molar-refractivity contribution in [1.29, 1.82) is 0 Å². The minimum absolute atomic E-state index is 1.03. The fraction of sp³-hybridized carbons (Fsp3) is 0.0370. The van der Waals surface area contributed by atoms with Gasteiger partial charge in [-0.25, -0.2) is 0 Å². The molecule has 9 aromatic carbocycles. The van der Waals surface area contributed by atoms with Crippen molar-refractivity contribution in [2.75, 3.05) is 10.2 Å². The highest BCUT2D eigenvalue weighted by molar-refractivity contribution is 6.23. The number of nitrogens with zero attached hydrogens (tertiary/aromatic N) is 1. The fourth-order valence-corrected chi connectivity index (χ4v) is 8.32. The summed E-state index contributed by atoms with van der Waals surface area (Å²) in [5.41, 5.74) is 12.9. The second-order valence-electron chi connectivity index (χ2n) is 14.5. The molecule has 0 aromatic heterocycles. The molecular formula is C54H40N2. The van der Waals surface area contributed by atoms with Crippen LogP contribution in [0.2, 0.25) is 0 Å². The van der Waals surface area contributed by atoms with Gasteiger partial charge in [0.05, 0.1) is 0 Å². The van der Waals surface area contributed by atoms with Gasteiger partial charge in [0.15, 0.2) is 0 Å². The lowest BCUT2D eigenvalue weighted by atomic mass is 9.89. The van der Waals surface area contributed by atoms with E-state index in [1.165, 1.54) is 65.7 Å². The molecule has 1 aliphatic carbocycles. The summed E-state index contributed by atoms with van der Waals surface area (Å²) in [6, 6.07) is 70.4. The summed E-state index contributed by atoms with van der Waals surface area (Å²) in [7, 11) is 0. The van der Waals surface area contributed by atoms with Gasteiger partial charge in [0.1, 0.15) is 0 Å². The van der Waals surface area contributed by atoms with E-state index in [2.05, 4.69) is 223 Å². The van der Waals surface area contributed by atoms with Crippen molar-refractivity contribution < 1.29 is 0 Å². The average Bonchev–Trinajstić information content (AvgIpc) is 3.28. The van der Waals surface area contributed by atoms with Gasteiger partial charge in [-0.15, -0.1) is 0 Å². The summed E-state index contributed by atoms with van der Waals surface area (Å²) in [5.74, 6) is 0. The predicted molar refractivity (Wildman–Crippen MR) is 241 cm³/mol. The molecule has 1 N–H and O–H groups in total. The number of nitrogens with one attached hydrogen (secondary N) is 1. The Kier molecular flexibility index (Phi) is 8.70. The SMILES string of the molecule is C1=CCCC(c2ccc(N(c3ccc(Nc4ccccc4-c4cc5ccccc5c5ccc6ccccc6c45)cc3)c3ccc(-c4ccccc4)cc3)cc2)=C1. The average molecular weight is 717 g/mol. The van der Waals surface area contributed by atoms with E-state index < -0.39 is 0 Å². The molecule has 0 radical (unpaired) electrons. The van der Waals surface area contributed by atoms with E-state index in [4.69, 9.17) is 0 Å². The minimum Gasteiger partial charge on any atom is -0.355 e. The van der Waals surface area contributed by atoms with Gasteiger partial charge in [0.25, 0.3) is 0 Å². The first-order valence-corrected chi connectivity index (χ1v) is 19.5. The van der Waals surface area contributed by atoms with Crippen LogP contribution in [-0.4, -0.2) is 0 Å². The lowest BCUT2D eigenvalue weighted by molar-refractivity contribution is 1.05. The third-order valence-electron chi connectivity index (χ3n) is 11.1. The maximum absolute atomic E-state index is 3.82. The Bertz CT molecular complexity index is 2900. The smallest absolute Gasteiger partial charge is 0.0464 e. The Morgan fingerprint density at radius 1 is 0.429 bits per heavy atom. The van der Waals surface area contributed by atoms with Crippen LogP contribution in [0.25, 0.3) is 60.1 Å². The van der Waals surface area contributed by atoms with Crippen LogP contribution >= 0.6 is 0 Å². The van der Waals surface area contributed by atoms with Gasteiger partial charge in [0.2, 0.25) is 0 Å². The number of allylic oxidation sites excluding steroid dienone is 4. The molecule has 0 aliphatic heterocycles. The number of rotatable bonds is 8. The number of benzene rings is 9. The quantitative estimate of drug-likeness (QED) is 0.158. The maximum Gasteiger partial charge on any atom is 0.0464 e. The van der Waals surface area contributed by atoms with Crippen molar-refractivity contribution in [3.8, 4) is 22.3 Å². The van der Waals surface area contributed by atoms with Gasteiger partial charge in [-0.3, -0.25) is 0 Å². The molecule has 0 fully saturated rings. The van der Waals surface area contributed by atoms with Crippen LogP contribution in [0.1, 0.15) is 18.4 Å². The molecule has 0 unspecified atom stereocenters. The summed E-state index contributed by atoms with van der Waals surface area (Å²) in [4.78, 5) is 2.34. The Hall–Kier alpha value is -7.16. The van der Waals surface area contributed by atoms with E-state index in [1.54, 1.807) is 0 Å². The molecule has 0 bridgehead atoms. The lowest BCUT2D eigenvalue weighted by Crippen LogP contribution is -2.10. The lowest BCUT2D eigenvalue weighted by Gasteiger charge is -2.26. The van der Waals surface area contributed by atoms with Gasteiger partial charge < -0.3 is 10.2 Å². The molecule has 0 spiro atoms. The summed E-state index contributed by atoms with van der Waals surface area (Å²) in [5, 5.41) is 11.4. The van der Waals surface area contributed by atoms with Crippen molar-refractivity contribution in [3.63, 3.8) is 0 Å². The van der Waals surface area contributed by atoms with Crippen molar-refractivity contribution in [1.82, 2.24) is 0 Å². The molecule has 0 heterocycles. The van der Waals surface area contributed by atoms with E-state index in [0.29, 0.717) is 0 Å². The van der Waals surface area contributed by atoms with Crippen LogP contribution in [0.3, 0.4) is 0 Å². The summed E-state index contributed by atoms with van der Waals surface area (Å²) < 4.78 is 0. The van der Waals surface area contributed by atoms with Crippen LogP contribution in [0, 0.1) is 0 Å². The molecular weight excluding hydrogens is 677 g/mol. The summed E-state index contributed by atoms with van der Waals surface area (Å²) >= 11 is 0. The highest BCUT2D eigenvalue weighted by Crippen LogP contribution is 2.43. The zero-order valence-electron chi connectivity index (χ0n) is 31.1. The second kappa shape index (κ2) is 14.6. The number of hydrogen-bond acceptors (Lipinski definition) is 2. The number of fused-ring (bicyclic) bond motifs is 5. The number of anilines is 5. The zero-order valence-corrected chi connectivity index (χ0v) is 31.1. The van der Waals surface area contributed by atoms with E-state index in [9.17, 15) is 0 Å². The molecule has 2 heteroatoms. The fourth-order valence-electron chi connectivity index (χ4n) is 8.32. The van der Waals surface area contributed by atoms with Crippen LogP contribution in [-0.2, 0) is 0 Å². The van der Waals surface area contributed by atoms with E-state index in [-0.39, 0.29) is 0 Å². The van der Waals surface area contributed by atoms with Gasteiger partial charge >= 0.3 is 0 Å². The molecule has 1 aliphatic rings. The molecule has 9 aromatic rings. The Balaban J connectivity index is 1.02. The molecule has 2 nitrogen and oxygen atoms in total. The highest BCUT2D eigenvalue weighted by Gasteiger charge is 2.17. The van der Waals surface area contributed by atoms with Gasteiger partial charge in [-0.2, -0.15) is 0 Å². The molecule has 10 rings (SSSR count). The predicted octanol–water partition coefficient (Wildman–Crippen LogP) is 15.4. The second-order valence-corrected chi connectivity index (χ2v) is 14.5. The molecule has 266 valence electrons. The third-order valence-corrected chi connectivity index (χ3v) is 11.1. The molecule has 56 heavy (non-hydrogen) atoms.